The highest BCUT2D eigenvalue weighted by molar-refractivity contribution is 6.22. The largest absolute Gasteiger partial charge is 0.455 e. The van der Waals surface area contributed by atoms with Crippen molar-refractivity contribution in [1.82, 2.24) is 0 Å². The number of hydrogen-bond acceptors (Lipinski definition) is 3. The lowest BCUT2D eigenvalue weighted by atomic mass is 9.99. The first-order valence-electron chi connectivity index (χ1n) is 14.5. The van der Waals surface area contributed by atoms with Crippen LogP contribution in [0.5, 0.6) is 0 Å². The Morgan fingerprint density at radius 1 is 0.372 bits per heavy atom. The van der Waals surface area contributed by atoms with Gasteiger partial charge in [0.1, 0.15) is 16.7 Å². The summed E-state index contributed by atoms with van der Waals surface area (Å²) in [4.78, 5) is 2.33. The predicted octanol–water partition coefficient (Wildman–Crippen LogP) is 11.8. The standard InChI is InChI=1S/C40H25NO2/c1-3-13-26(14-4-1)28-20-11-21-33-34-25-36(29-17-7-8-19-31(29)39(34)43-38(28)33)41(27-15-5-2-6-16-27)35-23-12-22-32-30-18-9-10-24-37(30)42-40(32)35/h1-25H. The first-order chi connectivity index (χ1) is 21.3. The minimum atomic E-state index is 0.861. The van der Waals surface area contributed by atoms with Gasteiger partial charge in [-0.3, -0.25) is 0 Å². The highest BCUT2D eigenvalue weighted by Gasteiger charge is 2.23. The molecule has 0 aliphatic carbocycles. The van der Waals surface area contributed by atoms with Gasteiger partial charge in [-0.05, 0) is 35.9 Å². The number of para-hydroxylation sites is 4. The molecule has 202 valence electrons. The Kier molecular flexibility index (Phi) is 5.20. The lowest BCUT2D eigenvalue weighted by molar-refractivity contribution is 0.669. The molecule has 0 aliphatic heterocycles. The van der Waals surface area contributed by atoms with Crippen LogP contribution in [0.25, 0.3) is 65.8 Å². The summed E-state index contributed by atoms with van der Waals surface area (Å²) in [6.07, 6.45) is 0. The molecule has 0 atom stereocenters. The summed E-state index contributed by atoms with van der Waals surface area (Å²) in [7, 11) is 0. The second-order valence-corrected chi connectivity index (χ2v) is 10.9. The van der Waals surface area contributed by atoms with Crippen LogP contribution < -0.4 is 4.90 Å². The molecule has 9 rings (SSSR count). The minimum Gasteiger partial charge on any atom is -0.455 e. The van der Waals surface area contributed by atoms with Crippen LogP contribution in [-0.2, 0) is 0 Å². The second-order valence-electron chi connectivity index (χ2n) is 10.9. The Morgan fingerprint density at radius 2 is 0.977 bits per heavy atom. The van der Waals surface area contributed by atoms with Gasteiger partial charge in [-0.25, -0.2) is 0 Å². The van der Waals surface area contributed by atoms with Crippen molar-refractivity contribution in [2.24, 2.45) is 0 Å². The van der Waals surface area contributed by atoms with Gasteiger partial charge in [0.2, 0.25) is 0 Å². The molecular weight excluding hydrogens is 526 g/mol. The van der Waals surface area contributed by atoms with E-state index < -0.39 is 0 Å². The van der Waals surface area contributed by atoms with Crippen LogP contribution in [0.4, 0.5) is 17.1 Å². The van der Waals surface area contributed by atoms with Gasteiger partial charge in [0.05, 0.1) is 11.4 Å². The van der Waals surface area contributed by atoms with Crippen molar-refractivity contribution in [2.45, 2.75) is 0 Å². The Morgan fingerprint density at radius 3 is 1.79 bits per heavy atom. The topological polar surface area (TPSA) is 29.5 Å². The maximum atomic E-state index is 6.77. The van der Waals surface area contributed by atoms with Crippen molar-refractivity contribution in [3.8, 4) is 11.1 Å². The molecule has 9 aromatic rings. The molecule has 43 heavy (non-hydrogen) atoms. The van der Waals surface area contributed by atoms with Crippen LogP contribution in [0.2, 0.25) is 0 Å². The van der Waals surface area contributed by atoms with Gasteiger partial charge in [-0.1, -0.05) is 121 Å². The number of nitrogens with zero attached hydrogens (tertiary/aromatic N) is 1. The van der Waals surface area contributed by atoms with Crippen molar-refractivity contribution in [2.75, 3.05) is 4.90 Å². The monoisotopic (exact) mass is 551 g/mol. The fourth-order valence-corrected chi connectivity index (χ4v) is 6.52. The lowest BCUT2D eigenvalue weighted by Crippen LogP contribution is -2.10. The van der Waals surface area contributed by atoms with Crippen LogP contribution in [0, 0.1) is 0 Å². The van der Waals surface area contributed by atoms with Gasteiger partial charge in [-0.2, -0.15) is 0 Å². The average molecular weight is 552 g/mol. The molecule has 0 unspecified atom stereocenters. The van der Waals surface area contributed by atoms with E-state index in [2.05, 4.69) is 138 Å². The molecule has 0 amide bonds. The van der Waals surface area contributed by atoms with E-state index in [1.807, 2.05) is 18.2 Å². The molecule has 2 aromatic heterocycles. The molecule has 7 aromatic carbocycles. The number of benzene rings is 7. The Labute approximate surface area is 247 Å². The molecule has 0 bridgehead atoms. The number of furan rings is 2. The third-order valence-corrected chi connectivity index (χ3v) is 8.45. The SMILES string of the molecule is c1ccc(-c2cccc3c2oc2c4ccccc4c(N(c4ccccc4)c4cccc5c4oc4ccccc45)cc32)cc1. The van der Waals surface area contributed by atoms with E-state index in [0.717, 1.165) is 82.8 Å². The van der Waals surface area contributed by atoms with Crippen LogP contribution in [-0.4, -0.2) is 0 Å². The first-order valence-corrected chi connectivity index (χ1v) is 14.5. The Hall–Kier alpha value is -5.80. The molecule has 3 nitrogen and oxygen atoms in total. The van der Waals surface area contributed by atoms with Gasteiger partial charge in [0.15, 0.2) is 5.58 Å². The first kappa shape index (κ1) is 23.9. The molecule has 0 radical (unpaired) electrons. The van der Waals surface area contributed by atoms with E-state index in [-0.39, 0.29) is 0 Å². The molecule has 0 saturated heterocycles. The third kappa shape index (κ3) is 3.62. The number of fused-ring (bicyclic) bond motifs is 8. The van der Waals surface area contributed by atoms with E-state index >= 15 is 0 Å². The zero-order chi connectivity index (χ0) is 28.3. The normalized spacial score (nSPS) is 11.7. The maximum Gasteiger partial charge on any atom is 0.159 e. The molecule has 0 fully saturated rings. The van der Waals surface area contributed by atoms with Gasteiger partial charge in [0, 0.05) is 43.6 Å². The minimum absolute atomic E-state index is 0.861. The Bertz CT molecular complexity index is 2450. The highest BCUT2D eigenvalue weighted by atomic mass is 16.3. The lowest BCUT2D eigenvalue weighted by Gasteiger charge is -2.27. The van der Waals surface area contributed by atoms with Crippen LogP contribution >= 0.6 is 0 Å². The Balaban J connectivity index is 1.39. The van der Waals surface area contributed by atoms with E-state index in [1.165, 1.54) is 0 Å². The molecular formula is C40H25NO2. The summed E-state index contributed by atoms with van der Waals surface area (Å²) in [5.41, 5.74) is 8.87. The van der Waals surface area contributed by atoms with Crippen molar-refractivity contribution in [3.05, 3.63) is 152 Å². The smallest absolute Gasteiger partial charge is 0.159 e. The fraction of sp³-hybridized carbons (Fsp3) is 0. The van der Waals surface area contributed by atoms with E-state index in [1.54, 1.807) is 0 Å². The summed E-state index contributed by atoms with van der Waals surface area (Å²) in [6.45, 7) is 0. The van der Waals surface area contributed by atoms with Crippen molar-refractivity contribution < 1.29 is 8.83 Å². The molecule has 2 heterocycles. The summed E-state index contributed by atoms with van der Waals surface area (Å²) >= 11 is 0. The van der Waals surface area contributed by atoms with E-state index in [0.29, 0.717) is 0 Å². The predicted molar refractivity (Wildman–Crippen MR) is 179 cm³/mol. The van der Waals surface area contributed by atoms with E-state index in [9.17, 15) is 0 Å². The van der Waals surface area contributed by atoms with Crippen molar-refractivity contribution >= 4 is 71.7 Å². The summed E-state index contributed by atoms with van der Waals surface area (Å²) in [5.74, 6) is 0. The number of rotatable bonds is 4. The summed E-state index contributed by atoms with van der Waals surface area (Å²) in [6, 6.07) is 52.9. The fourth-order valence-electron chi connectivity index (χ4n) is 6.52. The van der Waals surface area contributed by atoms with Gasteiger partial charge < -0.3 is 13.7 Å². The highest BCUT2D eigenvalue weighted by Crippen LogP contribution is 2.47. The number of anilines is 3. The molecule has 0 N–H and O–H groups in total. The molecule has 0 spiro atoms. The van der Waals surface area contributed by atoms with Gasteiger partial charge in [-0.15, -0.1) is 0 Å². The summed E-state index contributed by atoms with van der Waals surface area (Å²) in [5, 5.41) is 6.57. The van der Waals surface area contributed by atoms with Crippen molar-refractivity contribution in [3.63, 3.8) is 0 Å². The third-order valence-electron chi connectivity index (χ3n) is 8.45. The zero-order valence-corrected chi connectivity index (χ0v) is 23.2. The van der Waals surface area contributed by atoms with Crippen LogP contribution in [0.3, 0.4) is 0 Å². The van der Waals surface area contributed by atoms with Crippen LogP contribution in [0.1, 0.15) is 0 Å². The second kappa shape index (κ2) is 9.37. The van der Waals surface area contributed by atoms with E-state index in [4.69, 9.17) is 8.83 Å². The average Bonchev–Trinajstić information content (AvgIpc) is 3.65. The quantitative estimate of drug-likeness (QED) is 0.218. The van der Waals surface area contributed by atoms with Gasteiger partial charge >= 0.3 is 0 Å². The van der Waals surface area contributed by atoms with Crippen molar-refractivity contribution in [1.29, 1.82) is 0 Å². The molecule has 0 saturated carbocycles. The summed E-state index contributed by atoms with van der Waals surface area (Å²) < 4.78 is 13.3. The number of hydrogen-bond donors (Lipinski definition) is 0. The maximum absolute atomic E-state index is 6.77. The molecule has 3 heteroatoms. The van der Waals surface area contributed by atoms with Gasteiger partial charge in [0.25, 0.3) is 0 Å². The molecule has 0 aliphatic rings. The van der Waals surface area contributed by atoms with Crippen LogP contribution in [0.15, 0.2) is 160 Å². The zero-order valence-electron chi connectivity index (χ0n) is 23.2.